The third kappa shape index (κ3) is 2.89. The van der Waals surface area contributed by atoms with Gasteiger partial charge in [-0.1, -0.05) is 25.1 Å². The molecule has 102 valence electrons. The molecule has 1 aromatic rings. The molecule has 0 bridgehead atoms. The molecule has 1 amide bonds. The van der Waals surface area contributed by atoms with Crippen molar-refractivity contribution in [3.63, 3.8) is 0 Å². The fraction of sp³-hybridized carbons (Fsp3) is 0.385. The van der Waals surface area contributed by atoms with Crippen LogP contribution in [0.2, 0.25) is 0 Å². The van der Waals surface area contributed by atoms with Crippen LogP contribution in [0.25, 0.3) is 0 Å². The van der Waals surface area contributed by atoms with E-state index in [1.807, 2.05) is 0 Å². The highest BCUT2D eigenvalue weighted by atomic mass is 32.1. The Labute approximate surface area is 115 Å². The lowest BCUT2D eigenvalue weighted by molar-refractivity contribution is 0.0923. The predicted octanol–water partition coefficient (Wildman–Crippen LogP) is 2.29. The van der Waals surface area contributed by atoms with E-state index >= 15 is 0 Å². The largest absolute Gasteiger partial charge is 0.391 e. The molecule has 19 heavy (non-hydrogen) atoms. The number of thiocarbonyl (C=S) groups is 1. The Morgan fingerprint density at radius 3 is 2.21 bits per heavy atom. The predicted molar refractivity (Wildman–Crippen MR) is 71.8 cm³/mol. The molecule has 0 aliphatic heterocycles. The second-order valence-electron chi connectivity index (χ2n) is 4.77. The van der Waals surface area contributed by atoms with Crippen LogP contribution in [-0.2, 0) is 0 Å². The maximum Gasteiger partial charge on any atom is 0.252 e. The summed E-state index contributed by atoms with van der Waals surface area (Å²) in [5.74, 6) is -2.14. The Balaban J connectivity index is 2.22. The van der Waals surface area contributed by atoms with E-state index in [0.717, 1.165) is 31.0 Å². The van der Waals surface area contributed by atoms with Crippen LogP contribution in [0.3, 0.4) is 0 Å². The van der Waals surface area contributed by atoms with Gasteiger partial charge in [-0.2, -0.15) is 0 Å². The number of nitrogens with two attached hydrogens (primary N) is 1. The van der Waals surface area contributed by atoms with Gasteiger partial charge in [0.15, 0.2) is 0 Å². The normalized spacial score (nSPS) is 17.2. The van der Waals surface area contributed by atoms with Crippen molar-refractivity contribution >= 4 is 23.1 Å². The van der Waals surface area contributed by atoms with E-state index in [9.17, 15) is 13.6 Å². The quantitative estimate of drug-likeness (QED) is 0.837. The Bertz CT molecular complexity index is 507. The molecular weight excluding hydrogens is 270 g/mol. The van der Waals surface area contributed by atoms with Crippen molar-refractivity contribution in [2.45, 2.75) is 31.2 Å². The van der Waals surface area contributed by atoms with Gasteiger partial charge in [0.2, 0.25) is 0 Å². The standard InChI is InChI=1S/C13H14F2N2OS/c14-9-5-8(6-10(15)7-9)11(18)17-13(12(16)19)3-1-2-4-13/h5-7H,1-4H2,(H2,16,19)(H,17,18). The molecule has 1 aliphatic rings. The first kappa shape index (κ1) is 13.9. The van der Waals surface area contributed by atoms with Crippen LogP contribution >= 0.6 is 12.2 Å². The lowest BCUT2D eigenvalue weighted by atomic mass is 9.97. The summed E-state index contributed by atoms with van der Waals surface area (Å²) in [7, 11) is 0. The molecule has 0 aromatic heterocycles. The van der Waals surface area contributed by atoms with Gasteiger partial charge < -0.3 is 11.1 Å². The third-order valence-electron chi connectivity index (χ3n) is 3.41. The molecule has 1 aromatic carbocycles. The second-order valence-corrected chi connectivity index (χ2v) is 5.21. The lowest BCUT2D eigenvalue weighted by Crippen LogP contribution is -2.54. The van der Waals surface area contributed by atoms with Gasteiger partial charge in [0.25, 0.3) is 5.91 Å². The highest BCUT2D eigenvalue weighted by molar-refractivity contribution is 7.80. The highest BCUT2D eigenvalue weighted by Crippen LogP contribution is 2.30. The molecule has 3 N–H and O–H groups in total. The van der Waals surface area contributed by atoms with Gasteiger partial charge in [0, 0.05) is 11.6 Å². The first-order chi connectivity index (χ1) is 8.93. The van der Waals surface area contributed by atoms with E-state index < -0.39 is 23.1 Å². The Morgan fingerprint density at radius 2 is 1.74 bits per heavy atom. The van der Waals surface area contributed by atoms with Gasteiger partial charge in [0.05, 0.1) is 10.5 Å². The maximum atomic E-state index is 13.1. The monoisotopic (exact) mass is 284 g/mol. The fourth-order valence-electron chi connectivity index (χ4n) is 2.39. The summed E-state index contributed by atoms with van der Waals surface area (Å²) >= 11 is 5.00. The van der Waals surface area contributed by atoms with Gasteiger partial charge in [-0.3, -0.25) is 4.79 Å². The number of hydrogen-bond donors (Lipinski definition) is 2. The van der Waals surface area contributed by atoms with Crippen molar-refractivity contribution in [3.8, 4) is 0 Å². The number of halogens is 2. The molecule has 0 atom stereocenters. The minimum absolute atomic E-state index is 0.0694. The van der Waals surface area contributed by atoms with Crippen LogP contribution in [0.4, 0.5) is 8.78 Å². The Kier molecular flexibility index (Phi) is 3.80. The van der Waals surface area contributed by atoms with Crippen LogP contribution in [0, 0.1) is 11.6 Å². The fourth-order valence-corrected chi connectivity index (χ4v) is 2.64. The zero-order valence-electron chi connectivity index (χ0n) is 10.2. The van der Waals surface area contributed by atoms with Crippen LogP contribution < -0.4 is 11.1 Å². The first-order valence-corrected chi connectivity index (χ1v) is 6.42. The number of rotatable bonds is 3. The third-order valence-corrected chi connectivity index (χ3v) is 3.80. The average molecular weight is 284 g/mol. The zero-order chi connectivity index (χ0) is 14.0. The van der Waals surface area contributed by atoms with Gasteiger partial charge in [-0.15, -0.1) is 0 Å². The molecule has 0 spiro atoms. The minimum Gasteiger partial charge on any atom is -0.391 e. The van der Waals surface area contributed by atoms with Crippen molar-refractivity contribution in [1.29, 1.82) is 0 Å². The molecule has 2 rings (SSSR count). The van der Waals surface area contributed by atoms with Crippen molar-refractivity contribution in [3.05, 3.63) is 35.4 Å². The smallest absolute Gasteiger partial charge is 0.252 e. The Morgan fingerprint density at radius 1 is 1.21 bits per heavy atom. The van der Waals surface area contributed by atoms with Crippen molar-refractivity contribution in [1.82, 2.24) is 5.32 Å². The molecule has 0 saturated heterocycles. The van der Waals surface area contributed by atoms with E-state index in [1.165, 1.54) is 0 Å². The highest BCUT2D eigenvalue weighted by Gasteiger charge is 2.38. The summed E-state index contributed by atoms with van der Waals surface area (Å²) in [4.78, 5) is 12.3. The van der Waals surface area contributed by atoms with E-state index in [4.69, 9.17) is 18.0 Å². The van der Waals surface area contributed by atoms with Crippen LogP contribution in [0.5, 0.6) is 0 Å². The summed E-state index contributed by atoms with van der Waals surface area (Å²) in [5.41, 5.74) is 4.89. The lowest BCUT2D eigenvalue weighted by Gasteiger charge is -2.29. The molecular formula is C13H14F2N2OS. The number of carbonyl (C=O) groups is 1. The van der Waals surface area contributed by atoms with E-state index in [1.54, 1.807) is 0 Å². The molecule has 6 heteroatoms. The van der Waals surface area contributed by atoms with Crippen LogP contribution in [-0.4, -0.2) is 16.4 Å². The summed E-state index contributed by atoms with van der Waals surface area (Å²) in [6.45, 7) is 0. The van der Waals surface area contributed by atoms with Gasteiger partial charge in [0.1, 0.15) is 11.6 Å². The summed E-state index contributed by atoms with van der Waals surface area (Å²) < 4.78 is 26.2. The molecule has 0 heterocycles. The molecule has 3 nitrogen and oxygen atoms in total. The van der Waals surface area contributed by atoms with Crippen molar-refractivity contribution < 1.29 is 13.6 Å². The maximum absolute atomic E-state index is 13.1. The number of carbonyl (C=O) groups excluding carboxylic acids is 1. The summed E-state index contributed by atoms with van der Waals surface area (Å²) in [6.07, 6.45) is 3.14. The topological polar surface area (TPSA) is 55.1 Å². The number of nitrogens with one attached hydrogen (secondary N) is 1. The van der Waals surface area contributed by atoms with E-state index in [-0.39, 0.29) is 10.6 Å². The number of amides is 1. The average Bonchev–Trinajstić information content (AvgIpc) is 2.77. The molecule has 1 saturated carbocycles. The van der Waals surface area contributed by atoms with Crippen LogP contribution in [0.1, 0.15) is 36.0 Å². The Hall–Kier alpha value is -1.56. The van der Waals surface area contributed by atoms with E-state index in [2.05, 4.69) is 5.32 Å². The zero-order valence-corrected chi connectivity index (χ0v) is 11.0. The molecule has 0 unspecified atom stereocenters. The number of hydrogen-bond acceptors (Lipinski definition) is 2. The summed E-state index contributed by atoms with van der Waals surface area (Å²) in [5, 5.41) is 2.72. The van der Waals surface area contributed by atoms with Crippen molar-refractivity contribution in [2.75, 3.05) is 0 Å². The van der Waals surface area contributed by atoms with Gasteiger partial charge in [-0.05, 0) is 25.0 Å². The number of benzene rings is 1. The van der Waals surface area contributed by atoms with Gasteiger partial charge in [-0.25, -0.2) is 8.78 Å². The van der Waals surface area contributed by atoms with Gasteiger partial charge >= 0.3 is 0 Å². The first-order valence-electron chi connectivity index (χ1n) is 6.01. The van der Waals surface area contributed by atoms with Crippen LogP contribution in [0.15, 0.2) is 18.2 Å². The minimum atomic E-state index is -0.791. The van der Waals surface area contributed by atoms with E-state index in [0.29, 0.717) is 12.8 Å². The molecule has 1 aliphatic carbocycles. The molecule has 1 fully saturated rings. The summed E-state index contributed by atoms with van der Waals surface area (Å²) in [6, 6.07) is 2.69. The van der Waals surface area contributed by atoms with Crippen molar-refractivity contribution in [2.24, 2.45) is 5.73 Å². The molecule has 0 radical (unpaired) electrons. The SMILES string of the molecule is NC(=S)C1(NC(=O)c2cc(F)cc(F)c2)CCCC1. The second kappa shape index (κ2) is 5.21.